The zero-order valence-electron chi connectivity index (χ0n) is 12.5. The van der Waals surface area contributed by atoms with Crippen LogP contribution in [0.5, 0.6) is 0 Å². The quantitative estimate of drug-likeness (QED) is 0.784. The van der Waals surface area contributed by atoms with Gasteiger partial charge in [0.15, 0.2) is 0 Å². The zero-order chi connectivity index (χ0) is 16.4. The molecule has 1 N–H and O–H groups in total. The molecule has 0 fully saturated rings. The van der Waals surface area contributed by atoms with E-state index in [-0.39, 0.29) is 11.4 Å². The van der Waals surface area contributed by atoms with Crippen LogP contribution in [0.3, 0.4) is 0 Å². The Bertz CT molecular complexity index is 966. The molecule has 0 aliphatic heterocycles. The number of sulfonamides is 1. The molecule has 0 atom stereocenters. The van der Waals surface area contributed by atoms with Crippen LogP contribution in [0.25, 0.3) is 10.8 Å². The summed E-state index contributed by atoms with van der Waals surface area (Å²) in [6.45, 7) is 2.09. The van der Waals surface area contributed by atoms with Gasteiger partial charge in [-0.05, 0) is 36.2 Å². The molecular formula is C17H15ClN2O2S. The monoisotopic (exact) mass is 346 g/mol. The number of hydrogen-bond acceptors (Lipinski definition) is 3. The van der Waals surface area contributed by atoms with Gasteiger partial charge in [-0.2, -0.15) is 0 Å². The van der Waals surface area contributed by atoms with Gasteiger partial charge in [0, 0.05) is 34.7 Å². The average molecular weight is 347 g/mol. The van der Waals surface area contributed by atoms with E-state index >= 15 is 0 Å². The fourth-order valence-corrected chi connectivity index (χ4v) is 3.78. The largest absolute Gasteiger partial charge is 0.264 e. The zero-order valence-corrected chi connectivity index (χ0v) is 14.0. The second-order valence-corrected chi connectivity index (χ2v) is 7.40. The highest BCUT2D eigenvalue weighted by atomic mass is 35.5. The summed E-state index contributed by atoms with van der Waals surface area (Å²) in [5.74, 6) is 0. The van der Waals surface area contributed by atoms with E-state index in [2.05, 4.69) is 9.71 Å². The van der Waals surface area contributed by atoms with Crippen molar-refractivity contribution in [3.05, 3.63) is 71.0 Å². The van der Waals surface area contributed by atoms with Crippen LogP contribution in [0.1, 0.15) is 11.1 Å². The summed E-state index contributed by atoms with van der Waals surface area (Å²) >= 11 is 6.07. The first kappa shape index (κ1) is 15.9. The molecule has 1 aromatic heterocycles. The molecule has 2 aromatic carbocycles. The van der Waals surface area contributed by atoms with Crippen LogP contribution >= 0.6 is 11.6 Å². The third kappa shape index (κ3) is 3.37. The van der Waals surface area contributed by atoms with Crippen molar-refractivity contribution in [1.82, 2.24) is 9.71 Å². The number of pyridine rings is 1. The molecule has 1 heterocycles. The predicted octanol–water partition coefficient (Wildman–Crippen LogP) is 3.68. The van der Waals surface area contributed by atoms with Gasteiger partial charge in [-0.15, -0.1) is 0 Å². The molecule has 0 spiro atoms. The molecule has 0 bridgehead atoms. The van der Waals surface area contributed by atoms with Crippen LogP contribution in [0.15, 0.2) is 59.8 Å². The molecular weight excluding hydrogens is 332 g/mol. The third-order valence-electron chi connectivity index (χ3n) is 3.63. The fourth-order valence-electron chi connectivity index (χ4n) is 2.33. The third-order valence-corrected chi connectivity index (χ3v) is 5.50. The van der Waals surface area contributed by atoms with E-state index in [0.717, 1.165) is 16.5 Å². The normalized spacial score (nSPS) is 11.7. The minimum Gasteiger partial charge on any atom is -0.264 e. The molecule has 23 heavy (non-hydrogen) atoms. The molecule has 3 rings (SSSR count). The van der Waals surface area contributed by atoms with Crippen molar-refractivity contribution in [2.24, 2.45) is 0 Å². The lowest BCUT2D eigenvalue weighted by Crippen LogP contribution is -2.23. The van der Waals surface area contributed by atoms with Crippen molar-refractivity contribution in [3.63, 3.8) is 0 Å². The molecule has 4 nitrogen and oxygen atoms in total. The van der Waals surface area contributed by atoms with Crippen molar-refractivity contribution in [1.29, 1.82) is 0 Å². The van der Waals surface area contributed by atoms with Gasteiger partial charge in [0.05, 0.1) is 4.90 Å². The van der Waals surface area contributed by atoms with Crippen molar-refractivity contribution >= 4 is 32.4 Å². The van der Waals surface area contributed by atoms with Gasteiger partial charge < -0.3 is 0 Å². The summed E-state index contributed by atoms with van der Waals surface area (Å²) in [5, 5.41) is 2.06. The number of aryl methyl sites for hydroxylation is 1. The average Bonchev–Trinajstić information content (AvgIpc) is 2.55. The fraction of sp³-hybridized carbons (Fsp3) is 0.118. The van der Waals surface area contributed by atoms with Gasteiger partial charge in [0.2, 0.25) is 10.0 Å². The standard InChI is InChI=1S/C17H15ClN2O2S/c1-12-5-6-13(9-16(12)18)10-20-23(21,22)17-4-2-3-14-11-19-8-7-15(14)17/h2-9,11,20H,10H2,1H3. The molecule has 0 amide bonds. The van der Waals surface area contributed by atoms with Gasteiger partial charge in [-0.25, -0.2) is 13.1 Å². The summed E-state index contributed by atoms with van der Waals surface area (Å²) in [5.41, 5.74) is 1.77. The Hall–Kier alpha value is -1.95. The van der Waals surface area contributed by atoms with Gasteiger partial charge in [-0.1, -0.05) is 35.9 Å². The van der Waals surface area contributed by atoms with Crippen molar-refractivity contribution in [2.45, 2.75) is 18.4 Å². The van der Waals surface area contributed by atoms with E-state index in [1.54, 1.807) is 36.7 Å². The number of benzene rings is 2. The van der Waals surface area contributed by atoms with Crippen molar-refractivity contribution in [3.8, 4) is 0 Å². The summed E-state index contributed by atoms with van der Waals surface area (Å²) in [7, 11) is -3.63. The first-order chi connectivity index (χ1) is 11.0. The van der Waals surface area contributed by atoms with Crippen LogP contribution in [0, 0.1) is 6.92 Å². The van der Waals surface area contributed by atoms with E-state index in [1.165, 1.54) is 0 Å². The molecule has 0 radical (unpaired) electrons. The van der Waals surface area contributed by atoms with Gasteiger partial charge >= 0.3 is 0 Å². The minimum atomic E-state index is -3.63. The van der Waals surface area contributed by atoms with Crippen LogP contribution in [-0.2, 0) is 16.6 Å². The van der Waals surface area contributed by atoms with Crippen LogP contribution in [0.2, 0.25) is 5.02 Å². The Morgan fingerprint density at radius 1 is 1.17 bits per heavy atom. The number of rotatable bonds is 4. The first-order valence-corrected chi connectivity index (χ1v) is 8.91. The van der Waals surface area contributed by atoms with E-state index in [4.69, 9.17) is 11.6 Å². The smallest absolute Gasteiger partial charge is 0.241 e. The number of nitrogens with one attached hydrogen (secondary N) is 1. The predicted molar refractivity (Wildman–Crippen MR) is 92.0 cm³/mol. The molecule has 0 aliphatic rings. The van der Waals surface area contributed by atoms with Gasteiger partial charge in [0.25, 0.3) is 0 Å². The maximum absolute atomic E-state index is 12.6. The number of halogens is 1. The Morgan fingerprint density at radius 2 is 2.00 bits per heavy atom. The van der Waals surface area contributed by atoms with E-state index < -0.39 is 10.0 Å². The Balaban J connectivity index is 1.90. The summed E-state index contributed by atoms with van der Waals surface area (Å²) in [4.78, 5) is 4.26. The molecule has 0 aliphatic carbocycles. The molecule has 3 aromatic rings. The van der Waals surface area contributed by atoms with Crippen molar-refractivity contribution < 1.29 is 8.42 Å². The van der Waals surface area contributed by atoms with Crippen LogP contribution < -0.4 is 4.72 Å². The lowest BCUT2D eigenvalue weighted by atomic mass is 10.1. The van der Waals surface area contributed by atoms with E-state index in [9.17, 15) is 8.42 Å². The SMILES string of the molecule is Cc1ccc(CNS(=O)(=O)c2cccc3cnccc23)cc1Cl. The van der Waals surface area contributed by atoms with Crippen molar-refractivity contribution in [2.75, 3.05) is 0 Å². The first-order valence-electron chi connectivity index (χ1n) is 7.05. The summed E-state index contributed by atoms with van der Waals surface area (Å²) < 4.78 is 27.8. The molecule has 0 unspecified atom stereocenters. The van der Waals surface area contributed by atoms with E-state index in [0.29, 0.717) is 10.4 Å². The Labute approximate surface area is 140 Å². The molecule has 0 saturated carbocycles. The molecule has 6 heteroatoms. The van der Waals surface area contributed by atoms with Gasteiger partial charge in [-0.3, -0.25) is 4.98 Å². The number of fused-ring (bicyclic) bond motifs is 1. The summed E-state index contributed by atoms with van der Waals surface area (Å²) in [6.07, 6.45) is 3.23. The van der Waals surface area contributed by atoms with Gasteiger partial charge in [0.1, 0.15) is 0 Å². The number of hydrogen-bond donors (Lipinski definition) is 1. The lowest BCUT2D eigenvalue weighted by molar-refractivity contribution is 0.582. The minimum absolute atomic E-state index is 0.184. The highest BCUT2D eigenvalue weighted by Gasteiger charge is 2.17. The second-order valence-electron chi connectivity index (χ2n) is 5.26. The Morgan fingerprint density at radius 3 is 2.78 bits per heavy atom. The Kier molecular flexibility index (Phi) is 4.35. The lowest BCUT2D eigenvalue weighted by Gasteiger charge is -2.10. The molecule has 118 valence electrons. The van der Waals surface area contributed by atoms with Crippen LogP contribution in [0.4, 0.5) is 0 Å². The number of nitrogens with zero attached hydrogens (tertiary/aromatic N) is 1. The topological polar surface area (TPSA) is 59.1 Å². The highest BCUT2D eigenvalue weighted by molar-refractivity contribution is 7.89. The van der Waals surface area contributed by atoms with Crippen LogP contribution in [-0.4, -0.2) is 13.4 Å². The maximum atomic E-state index is 12.6. The number of aromatic nitrogens is 1. The highest BCUT2D eigenvalue weighted by Crippen LogP contribution is 2.22. The second kappa shape index (κ2) is 6.28. The van der Waals surface area contributed by atoms with E-state index in [1.807, 2.05) is 25.1 Å². The maximum Gasteiger partial charge on any atom is 0.241 e. The summed E-state index contributed by atoms with van der Waals surface area (Å²) in [6, 6.07) is 12.3. The molecule has 0 saturated heterocycles.